The summed E-state index contributed by atoms with van der Waals surface area (Å²) >= 11 is 6.78. The molecule has 0 radical (unpaired) electrons. The van der Waals surface area contributed by atoms with Crippen LogP contribution in [0.15, 0.2) is 41.4 Å². The first-order chi connectivity index (χ1) is 12.6. The molecule has 1 amide bonds. The first kappa shape index (κ1) is 22.5. The highest BCUT2D eigenvalue weighted by Crippen LogP contribution is 2.24. The molecule has 2 rings (SSSR count). The molecule has 11 heteroatoms. The van der Waals surface area contributed by atoms with Gasteiger partial charge in [0.1, 0.15) is 5.75 Å². The summed E-state index contributed by atoms with van der Waals surface area (Å²) in [6.07, 6.45) is -4.88. The lowest BCUT2D eigenvalue weighted by Gasteiger charge is -2.09. The molecule has 27 heavy (non-hydrogen) atoms. The van der Waals surface area contributed by atoms with Gasteiger partial charge in [0.25, 0.3) is 11.9 Å². The van der Waals surface area contributed by atoms with Gasteiger partial charge in [0.2, 0.25) is 5.90 Å². The average molecular weight is 422 g/mol. The lowest BCUT2D eigenvalue weighted by molar-refractivity contribution is -0.274. The summed E-state index contributed by atoms with van der Waals surface area (Å²) in [5, 5.41) is 7.67. The van der Waals surface area contributed by atoms with E-state index >= 15 is 0 Å². The number of amidine groups is 1. The van der Waals surface area contributed by atoms with Crippen molar-refractivity contribution in [3.8, 4) is 5.75 Å². The minimum atomic E-state index is -4.88. The lowest BCUT2D eigenvalue weighted by Crippen LogP contribution is -2.22. The Morgan fingerprint density at radius 3 is 2.48 bits per heavy atom. The third kappa shape index (κ3) is 7.67. The van der Waals surface area contributed by atoms with E-state index in [-0.39, 0.29) is 11.5 Å². The highest BCUT2D eigenvalue weighted by atomic mass is 35.5. The van der Waals surface area contributed by atoms with Crippen molar-refractivity contribution in [2.45, 2.75) is 20.2 Å². The molecular formula is C16H15ClF3N3O3S. The number of alkyl halides is 3. The van der Waals surface area contributed by atoms with E-state index in [1.807, 2.05) is 13.8 Å². The first-order valence-electron chi connectivity index (χ1n) is 7.40. The molecule has 146 valence electrons. The summed E-state index contributed by atoms with van der Waals surface area (Å²) in [7, 11) is 0. The predicted molar refractivity (Wildman–Crippen MR) is 97.7 cm³/mol. The van der Waals surface area contributed by atoms with E-state index < -0.39 is 24.0 Å². The molecule has 0 fully saturated rings. The van der Waals surface area contributed by atoms with E-state index in [1.54, 1.807) is 6.07 Å². The molecule has 0 saturated heterocycles. The van der Waals surface area contributed by atoms with Crippen LogP contribution in [0.3, 0.4) is 0 Å². The molecule has 0 saturated carbocycles. The van der Waals surface area contributed by atoms with E-state index in [9.17, 15) is 18.0 Å². The van der Waals surface area contributed by atoms with E-state index in [4.69, 9.17) is 27.5 Å². The molecule has 0 aliphatic heterocycles. The van der Waals surface area contributed by atoms with Crippen LogP contribution in [0.25, 0.3) is 0 Å². The number of thiophene rings is 1. The van der Waals surface area contributed by atoms with Crippen molar-refractivity contribution >= 4 is 40.8 Å². The number of ether oxygens (including phenoxy) is 2. The van der Waals surface area contributed by atoms with Gasteiger partial charge in [-0.2, -0.15) is 4.99 Å². The van der Waals surface area contributed by atoms with Gasteiger partial charge in [-0.15, -0.1) is 24.5 Å². The van der Waals surface area contributed by atoms with Crippen LogP contribution in [0.4, 0.5) is 13.2 Å². The fourth-order valence-corrected chi connectivity index (χ4v) is 2.53. The predicted octanol–water partition coefficient (Wildman–Crippen LogP) is 4.82. The van der Waals surface area contributed by atoms with Crippen molar-refractivity contribution in [2.24, 2.45) is 10.7 Å². The number of nitrogens with one attached hydrogen (secondary N) is 1. The molecular weight excluding hydrogens is 407 g/mol. The van der Waals surface area contributed by atoms with Crippen LogP contribution in [-0.4, -0.2) is 24.2 Å². The zero-order valence-corrected chi connectivity index (χ0v) is 15.7. The molecule has 1 aromatic carbocycles. The SMILES string of the molecule is CC.N=C(OC(N)=NC(=O)c1cccc(OC(F)(F)F)c1)c1ccc(Cl)s1. The molecule has 6 nitrogen and oxygen atoms in total. The second kappa shape index (κ2) is 9.93. The number of rotatable bonds is 3. The largest absolute Gasteiger partial charge is 0.573 e. The number of aliphatic imine (C=N–C) groups is 1. The topological polar surface area (TPSA) is 97.8 Å². The Morgan fingerprint density at radius 2 is 1.93 bits per heavy atom. The molecule has 0 spiro atoms. The number of benzene rings is 1. The summed E-state index contributed by atoms with van der Waals surface area (Å²) < 4.78 is 45.6. The first-order valence-corrected chi connectivity index (χ1v) is 8.60. The molecule has 0 bridgehead atoms. The van der Waals surface area contributed by atoms with Gasteiger partial charge < -0.3 is 15.2 Å². The maximum atomic E-state index is 12.2. The van der Waals surface area contributed by atoms with Gasteiger partial charge >= 0.3 is 6.36 Å². The fraction of sp³-hybridized carbons (Fsp3) is 0.188. The Labute approximate surface area is 161 Å². The third-order valence-electron chi connectivity index (χ3n) is 2.53. The van der Waals surface area contributed by atoms with E-state index in [1.165, 1.54) is 18.2 Å². The van der Waals surface area contributed by atoms with Crippen LogP contribution in [0.2, 0.25) is 4.34 Å². The van der Waals surface area contributed by atoms with Crippen molar-refractivity contribution in [3.05, 3.63) is 51.2 Å². The maximum Gasteiger partial charge on any atom is 0.573 e. The second-order valence-electron chi connectivity index (χ2n) is 4.37. The van der Waals surface area contributed by atoms with Crippen molar-refractivity contribution in [3.63, 3.8) is 0 Å². The maximum absolute atomic E-state index is 12.2. The van der Waals surface area contributed by atoms with Gasteiger partial charge in [-0.3, -0.25) is 10.2 Å². The lowest BCUT2D eigenvalue weighted by atomic mass is 10.2. The quantitative estimate of drug-likeness (QED) is 0.548. The van der Waals surface area contributed by atoms with Gasteiger partial charge in [-0.1, -0.05) is 31.5 Å². The Morgan fingerprint density at radius 1 is 1.26 bits per heavy atom. The fourth-order valence-electron chi connectivity index (χ4n) is 1.60. The van der Waals surface area contributed by atoms with Crippen molar-refractivity contribution < 1.29 is 27.4 Å². The van der Waals surface area contributed by atoms with Gasteiger partial charge in [0, 0.05) is 5.56 Å². The smallest absolute Gasteiger partial charge is 0.406 e. The Bertz CT molecular complexity index is 838. The van der Waals surface area contributed by atoms with Gasteiger partial charge in [0.15, 0.2) is 0 Å². The molecule has 1 heterocycles. The van der Waals surface area contributed by atoms with Gasteiger partial charge in [-0.25, -0.2) is 0 Å². The summed E-state index contributed by atoms with van der Waals surface area (Å²) in [6.45, 7) is 4.00. The van der Waals surface area contributed by atoms with Gasteiger partial charge in [0.05, 0.1) is 9.21 Å². The van der Waals surface area contributed by atoms with Crippen LogP contribution >= 0.6 is 22.9 Å². The van der Waals surface area contributed by atoms with E-state index in [2.05, 4.69) is 9.73 Å². The number of carbonyl (C=O) groups excluding carboxylic acids is 1. The Hall–Kier alpha value is -2.59. The van der Waals surface area contributed by atoms with Crippen molar-refractivity contribution in [1.29, 1.82) is 5.41 Å². The number of nitrogens with zero attached hydrogens (tertiary/aromatic N) is 1. The van der Waals surface area contributed by atoms with E-state index in [0.29, 0.717) is 9.21 Å². The van der Waals surface area contributed by atoms with Crippen LogP contribution in [0.1, 0.15) is 29.1 Å². The molecule has 0 atom stereocenters. The molecule has 0 aliphatic rings. The van der Waals surface area contributed by atoms with Crippen molar-refractivity contribution in [1.82, 2.24) is 0 Å². The summed E-state index contributed by atoms with van der Waals surface area (Å²) in [4.78, 5) is 15.7. The number of amides is 1. The summed E-state index contributed by atoms with van der Waals surface area (Å²) in [6, 6.07) is 6.73. The Kier molecular flexibility index (Phi) is 8.26. The Balaban J connectivity index is 0.00000176. The monoisotopic (exact) mass is 421 g/mol. The molecule has 2 aromatic rings. The van der Waals surface area contributed by atoms with Crippen LogP contribution < -0.4 is 10.5 Å². The molecule has 1 aromatic heterocycles. The zero-order chi connectivity index (χ0) is 20.6. The number of hydrogen-bond acceptors (Lipinski definition) is 5. The summed E-state index contributed by atoms with van der Waals surface area (Å²) in [5.41, 5.74) is 5.23. The van der Waals surface area contributed by atoms with E-state index in [0.717, 1.165) is 23.5 Å². The minimum absolute atomic E-state index is 0.195. The number of halogens is 4. The standard InChI is InChI=1S/C14H9ClF3N3O3S.C2H6/c15-10-5-4-9(25-10)11(19)23-13(20)21-12(22)7-2-1-3-8(6-7)24-14(16,17)18;1-2/h1-6,19H,(H2,20,21,22);1-2H3. The molecule has 0 aliphatic carbocycles. The molecule has 0 unspecified atom stereocenters. The van der Waals surface area contributed by atoms with Crippen molar-refractivity contribution in [2.75, 3.05) is 0 Å². The highest BCUT2D eigenvalue weighted by Gasteiger charge is 2.31. The minimum Gasteiger partial charge on any atom is -0.406 e. The third-order valence-corrected chi connectivity index (χ3v) is 3.76. The average Bonchev–Trinajstić information content (AvgIpc) is 3.02. The number of nitrogens with two attached hydrogens (primary N) is 1. The zero-order valence-electron chi connectivity index (χ0n) is 14.1. The summed E-state index contributed by atoms with van der Waals surface area (Å²) in [5.74, 6) is -1.91. The molecule has 3 N–H and O–H groups in total. The van der Waals surface area contributed by atoms with Crippen LogP contribution in [-0.2, 0) is 4.74 Å². The highest BCUT2D eigenvalue weighted by molar-refractivity contribution is 7.17. The second-order valence-corrected chi connectivity index (χ2v) is 6.08. The van der Waals surface area contributed by atoms with Gasteiger partial charge in [-0.05, 0) is 30.3 Å². The van der Waals surface area contributed by atoms with Crippen LogP contribution in [0, 0.1) is 5.41 Å². The number of carbonyl (C=O) groups is 1. The van der Waals surface area contributed by atoms with Crippen LogP contribution in [0.5, 0.6) is 5.75 Å². The number of hydrogen-bond donors (Lipinski definition) is 2. The normalized spacial score (nSPS) is 11.3.